The monoisotopic (exact) mass is 326 g/mol. The second-order valence-corrected chi connectivity index (χ2v) is 6.31. The first-order chi connectivity index (χ1) is 11.6. The van der Waals surface area contributed by atoms with E-state index >= 15 is 0 Å². The fourth-order valence-electron chi connectivity index (χ4n) is 3.14. The highest BCUT2D eigenvalue weighted by molar-refractivity contribution is 5.95. The number of hydrogen-bond donors (Lipinski definition) is 2. The summed E-state index contributed by atoms with van der Waals surface area (Å²) in [5, 5.41) is 12.8. The Balaban J connectivity index is 1.85. The molecule has 1 aromatic heterocycles. The molecule has 1 heterocycles. The summed E-state index contributed by atoms with van der Waals surface area (Å²) < 4.78 is 5.24. The van der Waals surface area contributed by atoms with Crippen LogP contribution < -0.4 is 10.1 Å². The first-order valence-corrected chi connectivity index (χ1v) is 8.12. The van der Waals surface area contributed by atoms with E-state index in [1.54, 1.807) is 19.5 Å². The van der Waals surface area contributed by atoms with Gasteiger partial charge in [0.25, 0.3) is 5.91 Å². The molecule has 126 valence electrons. The van der Waals surface area contributed by atoms with Crippen LogP contribution in [0.3, 0.4) is 0 Å². The van der Waals surface area contributed by atoms with E-state index < -0.39 is 0 Å². The molecule has 1 aromatic carbocycles. The first-order valence-electron chi connectivity index (χ1n) is 8.12. The van der Waals surface area contributed by atoms with Gasteiger partial charge in [0.15, 0.2) is 0 Å². The lowest BCUT2D eigenvalue weighted by atomic mass is 9.75. The van der Waals surface area contributed by atoms with Gasteiger partial charge >= 0.3 is 0 Å². The standard InChI is InChI=1S/C19H22N2O3/c1-12-5-3-4-6-17(12)19(23)21-18(13-7-15(22)8-13)14-9-16(24-2)11-20-10-14/h3-6,9-11,13,15,18,22H,7-8H2,1-2H3,(H,21,23). The molecule has 0 bridgehead atoms. The third-order valence-corrected chi connectivity index (χ3v) is 4.63. The topological polar surface area (TPSA) is 71.5 Å². The van der Waals surface area contributed by atoms with Crippen molar-refractivity contribution in [3.63, 3.8) is 0 Å². The third-order valence-electron chi connectivity index (χ3n) is 4.63. The number of ether oxygens (including phenoxy) is 1. The molecule has 1 unspecified atom stereocenters. The van der Waals surface area contributed by atoms with Crippen molar-refractivity contribution in [1.82, 2.24) is 10.3 Å². The Labute approximate surface area is 141 Å². The maximum atomic E-state index is 12.7. The van der Waals surface area contributed by atoms with Crippen molar-refractivity contribution in [3.05, 3.63) is 59.4 Å². The molecule has 0 spiro atoms. The summed E-state index contributed by atoms with van der Waals surface area (Å²) in [6.45, 7) is 1.92. The molecule has 1 fully saturated rings. The summed E-state index contributed by atoms with van der Waals surface area (Å²) in [5.41, 5.74) is 2.50. The number of hydrogen-bond acceptors (Lipinski definition) is 4. The Morgan fingerprint density at radius 2 is 2.08 bits per heavy atom. The molecule has 0 saturated heterocycles. The normalized spacial score (nSPS) is 20.8. The molecule has 2 N–H and O–H groups in total. The summed E-state index contributed by atoms with van der Waals surface area (Å²) >= 11 is 0. The molecule has 1 amide bonds. The molecule has 0 radical (unpaired) electrons. The van der Waals surface area contributed by atoms with Crippen molar-refractivity contribution >= 4 is 5.91 Å². The zero-order valence-electron chi connectivity index (χ0n) is 13.9. The largest absolute Gasteiger partial charge is 0.495 e. The van der Waals surface area contributed by atoms with Crippen LogP contribution in [0.2, 0.25) is 0 Å². The quantitative estimate of drug-likeness (QED) is 0.886. The van der Waals surface area contributed by atoms with Crippen LogP contribution in [0.25, 0.3) is 0 Å². The predicted molar refractivity (Wildman–Crippen MR) is 90.9 cm³/mol. The molecule has 3 rings (SSSR count). The van der Waals surface area contributed by atoms with Crippen LogP contribution in [0, 0.1) is 12.8 Å². The van der Waals surface area contributed by atoms with Crippen LogP contribution in [0.4, 0.5) is 0 Å². The highest BCUT2D eigenvalue weighted by Gasteiger charge is 2.36. The number of aliphatic hydroxyl groups excluding tert-OH is 1. The zero-order valence-corrected chi connectivity index (χ0v) is 13.9. The van der Waals surface area contributed by atoms with Gasteiger partial charge in [-0.2, -0.15) is 0 Å². The highest BCUT2D eigenvalue weighted by Crippen LogP contribution is 2.38. The van der Waals surface area contributed by atoms with Crippen molar-refractivity contribution < 1.29 is 14.6 Å². The first kappa shape index (κ1) is 16.5. The van der Waals surface area contributed by atoms with Crippen molar-refractivity contribution in [3.8, 4) is 5.75 Å². The fraction of sp³-hybridized carbons (Fsp3) is 0.368. The third kappa shape index (κ3) is 3.41. The van der Waals surface area contributed by atoms with Gasteiger partial charge in [-0.25, -0.2) is 0 Å². The minimum Gasteiger partial charge on any atom is -0.495 e. The van der Waals surface area contributed by atoms with Crippen LogP contribution in [-0.4, -0.2) is 29.2 Å². The number of nitrogens with one attached hydrogen (secondary N) is 1. The van der Waals surface area contributed by atoms with E-state index in [-0.39, 0.29) is 24.0 Å². The lowest BCUT2D eigenvalue weighted by Crippen LogP contribution is -2.41. The number of amides is 1. The van der Waals surface area contributed by atoms with Gasteiger partial charge in [0.2, 0.25) is 0 Å². The lowest BCUT2D eigenvalue weighted by Gasteiger charge is -2.38. The van der Waals surface area contributed by atoms with E-state index in [2.05, 4.69) is 10.3 Å². The van der Waals surface area contributed by atoms with E-state index in [0.717, 1.165) is 11.1 Å². The average Bonchev–Trinajstić information content (AvgIpc) is 2.57. The molecule has 1 aliphatic rings. The number of aromatic nitrogens is 1. The van der Waals surface area contributed by atoms with Gasteiger partial charge < -0.3 is 15.2 Å². The number of benzene rings is 1. The molecule has 1 aliphatic carbocycles. The summed E-state index contributed by atoms with van der Waals surface area (Å²) in [7, 11) is 1.59. The molecule has 2 aromatic rings. The van der Waals surface area contributed by atoms with Gasteiger partial charge in [0.1, 0.15) is 5.75 Å². The number of methoxy groups -OCH3 is 1. The Morgan fingerprint density at radius 3 is 2.75 bits per heavy atom. The van der Waals surface area contributed by atoms with Crippen molar-refractivity contribution in [2.75, 3.05) is 7.11 Å². The van der Waals surface area contributed by atoms with Crippen molar-refractivity contribution in [2.24, 2.45) is 5.92 Å². The zero-order chi connectivity index (χ0) is 17.1. The van der Waals surface area contributed by atoms with Crippen LogP contribution in [0.15, 0.2) is 42.7 Å². The number of nitrogens with zero attached hydrogens (tertiary/aromatic N) is 1. The van der Waals surface area contributed by atoms with Crippen LogP contribution in [0.5, 0.6) is 5.75 Å². The van der Waals surface area contributed by atoms with Crippen molar-refractivity contribution in [1.29, 1.82) is 0 Å². The van der Waals surface area contributed by atoms with E-state index in [0.29, 0.717) is 24.2 Å². The summed E-state index contributed by atoms with van der Waals surface area (Å²) in [5.74, 6) is 0.742. The van der Waals surface area contributed by atoms with Gasteiger partial charge in [-0.15, -0.1) is 0 Å². The highest BCUT2D eigenvalue weighted by atomic mass is 16.5. The number of aliphatic hydroxyl groups is 1. The smallest absolute Gasteiger partial charge is 0.252 e. The van der Waals surface area contributed by atoms with Gasteiger partial charge in [0, 0.05) is 11.8 Å². The van der Waals surface area contributed by atoms with E-state index in [9.17, 15) is 9.90 Å². The molecule has 5 nitrogen and oxygen atoms in total. The predicted octanol–water partition coefficient (Wildman–Crippen LogP) is 2.64. The SMILES string of the molecule is COc1cncc(C(NC(=O)c2ccccc2C)C2CC(O)C2)c1. The second kappa shape index (κ2) is 7.01. The van der Waals surface area contributed by atoms with Crippen LogP contribution in [-0.2, 0) is 0 Å². The Kier molecular flexibility index (Phi) is 4.81. The fourth-order valence-corrected chi connectivity index (χ4v) is 3.14. The van der Waals surface area contributed by atoms with Gasteiger partial charge in [-0.05, 0) is 48.9 Å². The molecule has 1 atom stereocenters. The summed E-state index contributed by atoms with van der Waals surface area (Å²) in [6, 6.07) is 9.21. The van der Waals surface area contributed by atoms with Crippen LogP contribution in [0.1, 0.15) is 40.4 Å². The number of rotatable bonds is 5. The molecule has 5 heteroatoms. The second-order valence-electron chi connectivity index (χ2n) is 6.31. The molecular weight excluding hydrogens is 304 g/mol. The van der Waals surface area contributed by atoms with Gasteiger partial charge in [-0.1, -0.05) is 18.2 Å². The maximum Gasteiger partial charge on any atom is 0.252 e. The Bertz CT molecular complexity index is 726. The number of carbonyl (C=O) groups excluding carboxylic acids is 1. The number of carbonyl (C=O) groups is 1. The van der Waals surface area contributed by atoms with E-state index in [1.165, 1.54) is 0 Å². The minimum atomic E-state index is -0.286. The maximum absolute atomic E-state index is 12.7. The van der Waals surface area contributed by atoms with Crippen LogP contribution >= 0.6 is 0 Å². The number of pyridine rings is 1. The average molecular weight is 326 g/mol. The summed E-state index contributed by atoms with van der Waals surface area (Å²) in [6.07, 6.45) is 4.45. The number of aryl methyl sites for hydroxylation is 1. The van der Waals surface area contributed by atoms with Crippen molar-refractivity contribution in [2.45, 2.75) is 31.9 Å². The summed E-state index contributed by atoms with van der Waals surface area (Å²) in [4.78, 5) is 16.9. The molecule has 0 aliphatic heterocycles. The Hall–Kier alpha value is -2.40. The minimum absolute atomic E-state index is 0.109. The molecule has 1 saturated carbocycles. The van der Waals surface area contributed by atoms with Gasteiger partial charge in [-0.3, -0.25) is 9.78 Å². The van der Waals surface area contributed by atoms with E-state index in [1.807, 2.05) is 37.3 Å². The van der Waals surface area contributed by atoms with E-state index in [4.69, 9.17) is 4.74 Å². The lowest BCUT2D eigenvalue weighted by molar-refractivity contribution is 0.0234. The van der Waals surface area contributed by atoms with Gasteiger partial charge in [0.05, 0.1) is 25.5 Å². The Morgan fingerprint density at radius 1 is 1.33 bits per heavy atom. The molecular formula is C19H22N2O3. The molecule has 24 heavy (non-hydrogen) atoms.